The molecule has 17 N–H and O–H groups in total. The second-order valence-corrected chi connectivity index (χ2v) is 34.2. The summed E-state index contributed by atoms with van der Waals surface area (Å²) in [4.78, 5) is 124. The highest BCUT2D eigenvalue weighted by atomic mass is 35.5. The topological polar surface area (TPSA) is 482 Å². The van der Waals surface area contributed by atoms with E-state index in [1.165, 1.54) is 60.7 Å². The number of Topliss-reactive ketones (excluding diaryl/α,β-unsaturated/α-hetero) is 3. The van der Waals surface area contributed by atoms with Crippen LogP contribution >= 0.6 is 23.2 Å². The molecule has 5 fully saturated rings. The van der Waals surface area contributed by atoms with Crippen molar-refractivity contribution in [1.82, 2.24) is 26.0 Å². The van der Waals surface area contributed by atoms with Crippen LogP contribution < -0.4 is 56.4 Å². The molecule has 0 radical (unpaired) electrons. The highest BCUT2D eigenvalue weighted by molar-refractivity contribution is 7.90. The zero-order valence-electron chi connectivity index (χ0n) is 62.6. The Hall–Kier alpha value is -9.47. The smallest absolute Gasteiger partial charge is 0.264 e. The Kier molecular flexibility index (Phi) is 24.7. The summed E-state index contributed by atoms with van der Waals surface area (Å²) in [6.07, 6.45) is -9.42. The Morgan fingerprint density at radius 1 is 0.649 bits per heavy atom. The van der Waals surface area contributed by atoms with Crippen molar-refractivity contribution in [3.63, 3.8) is 0 Å². The molecule has 15 bridgehead atoms. The SMILES string of the molecule is CC[C@H](CC(C)C)C(=O)N[C@H]1C(=O)C[C@@H](CC(=O)NS(=O)(=O)c2ccc(OCCN)cc2)C(=O)N[C@H]2C(=O)C[C@H]3C(=O)N[C@H](C(=O)N[C@H](C(=O)CC4C5CC6CC(C5)CC4C6)c4cc(O)cc(O)c4-c4cc3ccc4O)[C@H](O)c3ccc(c(Cl)c3)Oc3cc2cc(c3O[C@@H]2C[C@H](CN)[C@@H](O)[C@H](O)[C@H]2O)Oc2ccc(cc2Cl)[C@H]1O. The molecule has 6 aromatic carbocycles. The number of hydrogen-bond acceptors (Lipinski definition) is 24. The van der Waals surface area contributed by atoms with Gasteiger partial charge in [0.1, 0.15) is 95.8 Å². The minimum atomic E-state index is -4.84. The van der Waals surface area contributed by atoms with E-state index in [4.69, 9.17) is 53.6 Å². The number of phenols is 3. The van der Waals surface area contributed by atoms with E-state index < -0.39 is 200 Å². The number of aliphatic hydroxyl groups excluding tert-OH is 5. The molecule has 5 saturated carbocycles. The van der Waals surface area contributed by atoms with Crippen LogP contribution in [-0.4, -0.2) is 152 Å². The van der Waals surface area contributed by atoms with E-state index >= 15 is 28.8 Å². The monoisotopic (exact) mass is 1630 g/mol. The molecule has 32 heteroatoms. The van der Waals surface area contributed by atoms with E-state index in [0.29, 0.717) is 18.3 Å². The fourth-order valence-corrected chi connectivity index (χ4v) is 19.3. The summed E-state index contributed by atoms with van der Waals surface area (Å²) >= 11 is 14.3. The number of hydrogen-bond donors (Lipinski definition) is 15. The lowest BCUT2D eigenvalue weighted by Crippen LogP contribution is -2.56. The molecule has 14 atom stereocenters. The van der Waals surface area contributed by atoms with Gasteiger partial charge >= 0.3 is 0 Å². The third kappa shape index (κ3) is 17.4. The van der Waals surface area contributed by atoms with E-state index in [-0.39, 0.29) is 129 Å². The molecule has 16 rings (SSSR count). The van der Waals surface area contributed by atoms with Gasteiger partial charge in [-0.15, -0.1) is 0 Å². The van der Waals surface area contributed by atoms with E-state index in [9.17, 15) is 58.9 Å². The normalized spacial score (nSPS) is 28.4. The Labute approximate surface area is 666 Å². The number of nitrogens with two attached hydrogens (primary N) is 2. The summed E-state index contributed by atoms with van der Waals surface area (Å²) in [6, 6.07) is 12.0. The van der Waals surface area contributed by atoms with E-state index in [1.807, 2.05) is 18.6 Å². The number of fused-ring (bicyclic) bond motifs is 15. The summed E-state index contributed by atoms with van der Waals surface area (Å²) in [5.41, 5.74) is 10.1. The number of sulfonamides is 1. The van der Waals surface area contributed by atoms with Crippen LogP contribution in [0, 0.1) is 53.3 Å². The standard InChI is InChI=1S/C82H93Cl2N7O22S/c1-4-39(17-36(2)3)79(104)89-71-59(95)26-46(30-67(98)91-114(108,109)50-10-8-49(9-11-50)110-16-15-85)80(105)87-69-45-27-65(111-62-13-6-41(73(71)99)24-55(62)83)78(113-64-29-47(35-86)75(101)77(103)76(64)102)66(28-45)112-63-14-7-42(25-56(63)84)74(100)72-82(107)88-70(61(97)33-51-43-19-37-18-38(21-43)22-44(51)20-37)54-31-48(92)32-58(94)68(54)53-23-40(5-12-57(53)93)52(34-60(69)96)81(106)90-72/h5-14,23-25,27-28,31-32,36-39,43-44,46-47,51-52,64,69-77,92-94,99-103H,4,15-22,26,29-30,33-35,85-86H2,1-3H3,(H,87,105)(H,88,107)(H,89,104)(H,90,106)(H,91,98)/t37?,38?,39-,43?,44?,46+,47-,51?,52-,64-,69-,70+,71+,72+,73-,74-,75-,76+,77+/m1/s1. The maximum Gasteiger partial charge on any atom is 0.264 e. The van der Waals surface area contributed by atoms with Crippen molar-refractivity contribution in [3.8, 4) is 62.9 Å². The fraction of sp³-hybridized carbons (Fsp3) is 0.463. The van der Waals surface area contributed by atoms with Gasteiger partial charge in [0.05, 0.1) is 32.9 Å². The molecule has 5 aliphatic heterocycles. The maximum atomic E-state index is 16.6. The lowest BCUT2D eigenvalue weighted by atomic mass is 9.51. The first-order valence-corrected chi connectivity index (χ1v) is 40.6. The zero-order valence-corrected chi connectivity index (χ0v) is 64.9. The number of ketones is 3. The second kappa shape index (κ2) is 34.1. The van der Waals surface area contributed by atoms with Crippen LogP contribution in [0.3, 0.4) is 0 Å². The number of carbonyl (C=O) groups is 8. The first-order chi connectivity index (χ1) is 54.3. The number of aliphatic hydroxyl groups is 5. The molecule has 5 amide bonds. The molecular weight excluding hydrogens is 1540 g/mol. The maximum absolute atomic E-state index is 16.6. The van der Waals surface area contributed by atoms with E-state index in [0.717, 1.165) is 74.6 Å². The van der Waals surface area contributed by atoms with Gasteiger partial charge < -0.3 is 92.5 Å². The zero-order chi connectivity index (χ0) is 81.6. The molecule has 10 aliphatic rings. The Bertz CT molecular complexity index is 4830. The van der Waals surface area contributed by atoms with Crippen molar-refractivity contribution in [1.29, 1.82) is 0 Å². The summed E-state index contributed by atoms with van der Waals surface area (Å²) < 4.78 is 55.8. The molecule has 0 aromatic heterocycles. The van der Waals surface area contributed by atoms with Crippen molar-refractivity contribution in [2.75, 3.05) is 19.7 Å². The van der Waals surface area contributed by atoms with Gasteiger partial charge in [-0.1, -0.05) is 62.2 Å². The highest BCUT2D eigenvalue weighted by Gasteiger charge is 2.51. The Morgan fingerprint density at radius 2 is 1.28 bits per heavy atom. The third-order valence-corrected chi connectivity index (χ3v) is 25.5. The number of carbonyl (C=O) groups excluding carboxylic acids is 8. The van der Waals surface area contributed by atoms with Gasteiger partial charge in [-0.25, -0.2) is 13.1 Å². The molecule has 0 spiro atoms. The number of nitrogens with one attached hydrogen (secondary N) is 5. The number of phenolic OH excluding ortho intramolecular Hbond substituents is 3. The largest absolute Gasteiger partial charge is 0.508 e. The van der Waals surface area contributed by atoms with Crippen molar-refractivity contribution >= 4 is 80.1 Å². The summed E-state index contributed by atoms with van der Waals surface area (Å²) in [6.45, 7) is 5.43. The van der Waals surface area contributed by atoms with Crippen LogP contribution in [0.5, 0.6) is 51.7 Å². The fourth-order valence-electron chi connectivity index (χ4n) is 17.9. The van der Waals surface area contributed by atoms with Gasteiger partial charge in [-0.05, 0) is 200 Å². The molecule has 608 valence electrons. The van der Waals surface area contributed by atoms with E-state index in [1.54, 1.807) is 6.92 Å². The average molecular weight is 1630 g/mol. The first-order valence-electron chi connectivity index (χ1n) is 38.4. The van der Waals surface area contributed by atoms with Gasteiger partial charge in [0.2, 0.25) is 35.3 Å². The van der Waals surface area contributed by atoms with Crippen molar-refractivity contribution < 1.29 is 107 Å². The van der Waals surface area contributed by atoms with Crippen LogP contribution in [-0.2, 0) is 48.4 Å². The average Bonchev–Trinajstić information content (AvgIpc) is 0.763. The molecule has 0 saturated heterocycles. The summed E-state index contributed by atoms with van der Waals surface area (Å²) in [5, 5.41) is 105. The van der Waals surface area contributed by atoms with Gasteiger partial charge in [0, 0.05) is 61.3 Å². The van der Waals surface area contributed by atoms with Crippen molar-refractivity contribution in [2.45, 2.75) is 169 Å². The molecule has 5 heterocycles. The lowest BCUT2D eigenvalue weighted by Gasteiger charge is -2.54. The lowest BCUT2D eigenvalue weighted by molar-refractivity contribution is -0.149. The number of amides is 5. The van der Waals surface area contributed by atoms with Gasteiger partial charge in [0.15, 0.2) is 28.8 Å². The van der Waals surface area contributed by atoms with Gasteiger partial charge in [-0.3, -0.25) is 38.4 Å². The molecule has 0 unspecified atom stereocenters. The summed E-state index contributed by atoms with van der Waals surface area (Å²) in [5.74, 6) is -16.9. The number of aromatic hydroxyl groups is 3. The van der Waals surface area contributed by atoms with Crippen LogP contribution in [0.15, 0.2) is 108 Å². The summed E-state index contributed by atoms with van der Waals surface area (Å²) in [7, 11) is -4.84. The first kappa shape index (κ1) is 82.5. The molecular formula is C82H93Cl2N7O22S. The number of halogens is 2. The number of benzene rings is 6. The van der Waals surface area contributed by atoms with Crippen molar-refractivity contribution in [3.05, 3.63) is 141 Å². The predicted molar refractivity (Wildman–Crippen MR) is 411 cm³/mol. The van der Waals surface area contributed by atoms with Crippen molar-refractivity contribution in [2.24, 2.45) is 64.7 Å². The predicted octanol–water partition coefficient (Wildman–Crippen LogP) is 7.22. The van der Waals surface area contributed by atoms with Gasteiger partial charge in [0.25, 0.3) is 10.0 Å². The van der Waals surface area contributed by atoms with Crippen LogP contribution in [0.1, 0.15) is 156 Å². The minimum Gasteiger partial charge on any atom is -0.508 e. The molecule has 114 heavy (non-hydrogen) atoms. The Balaban J connectivity index is 1.00. The second-order valence-electron chi connectivity index (χ2n) is 31.7. The Morgan fingerprint density at radius 3 is 1.89 bits per heavy atom. The highest BCUT2D eigenvalue weighted by Crippen LogP contribution is 2.58. The van der Waals surface area contributed by atoms with E-state index in [2.05, 4.69) is 21.3 Å². The number of rotatable bonds is 18. The minimum absolute atomic E-state index is 0.0526. The molecule has 5 aliphatic carbocycles. The third-order valence-electron chi connectivity index (χ3n) is 23.5. The number of ether oxygens (including phenoxy) is 4. The van der Waals surface area contributed by atoms with Crippen LogP contribution in [0.4, 0.5) is 0 Å². The van der Waals surface area contributed by atoms with Gasteiger partial charge in [-0.2, -0.15) is 0 Å². The van der Waals surface area contributed by atoms with Crippen LogP contribution in [0.2, 0.25) is 10.0 Å². The van der Waals surface area contributed by atoms with Crippen LogP contribution in [0.25, 0.3) is 11.1 Å². The molecule has 6 aromatic rings. The molecule has 29 nitrogen and oxygen atoms in total. The quantitative estimate of drug-likeness (QED) is 0.0404.